The Morgan fingerprint density at radius 2 is 1.32 bits per heavy atom. The summed E-state index contributed by atoms with van der Waals surface area (Å²) in [6.07, 6.45) is 11.1. The lowest BCUT2D eigenvalue weighted by atomic mass is 9.95. The van der Waals surface area contributed by atoms with Gasteiger partial charge in [0.25, 0.3) is 0 Å². The Morgan fingerprint density at radius 1 is 0.742 bits per heavy atom. The molecule has 1 saturated carbocycles. The van der Waals surface area contributed by atoms with Crippen molar-refractivity contribution in [2.75, 3.05) is 0 Å². The van der Waals surface area contributed by atoms with Gasteiger partial charge < -0.3 is 4.57 Å². The molecule has 0 radical (unpaired) electrons. The molecule has 3 heteroatoms. The van der Waals surface area contributed by atoms with Crippen LogP contribution in [0, 0.1) is 6.92 Å². The van der Waals surface area contributed by atoms with E-state index in [1.807, 2.05) is 0 Å². The van der Waals surface area contributed by atoms with Crippen LogP contribution in [0.25, 0.3) is 0 Å². The van der Waals surface area contributed by atoms with E-state index in [4.69, 9.17) is 4.66 Å². The highest BCUT2D eigenvalue weighted by molar-refractivity contribution is 7.00. The summed E-state index contributed by atoms with van der Waals surface area (Å²) in [5, 5.41) is 2.72. The first-order valence-corrected chi connectivity index (χ1v) is 13.4. The summed E-state index contributed by atoms with van der Waals surface area (Å²) in [5.74, 6) is 0. The number of benzene rings is 3. The molecule has 3 aromatic rings. The molecule has 0 bridgehead atoms. The third-order valence-electron chi connectivity index (χ3n) is 6.72. The van der Waals surface area contributed by atoms with E-state index in [1.54, 1.807) is 0 Å². The SMILES string of the molecule is Cc1ccc(C2=N[Si](c3ccccc3)(c3ccccc3)N(C3CCCCC3)C=C2)cc1. The summed E-state index contributed by atoms with van der Waals surface area (Å²) in [7, 11) is -2.58. The minimum Gasteiger partial charge on any atom is -0.376 e. The molecule has 5 rings (SSSR count). The highest BCUT2D eigenvalue weighted by Crippen LogP contribution is 2.30. The Kier molecular flexibility index (Phi) is 5.60. The van der Waals surface area contributed by atoms with Crippen LogP contribution in [-0.4, -0.2) is 24.7 Å². The molecule has 1 aliphatic carbocycles. The van der Waals surface area contributed by atoms with E-state index in [9.17, 15) is 0 Å². The molecule has 2 aliphatic rings. The highest BCUT2D eigenvalue weighted by Gasteiger charge is 2.48. The normalized spacial score (nSPS) is 18.6. The maximum Gasteiger partial charge on any atom is 0.349 e. The quantitative estimate of drug-likeness (QED) is 0.528. The maximum absolute atomic E-state index is 5.71. The van der Waals surface area contributed by atoms with Crippen LogP contribution in [0.15, 0.2) is 102 Å². The van der Waals surface area contributed by atoms with Crippen molar-refractivity contribution in [3.05, 3.63) is 108 Å². The summed E-state index contributed by atoms with van der Waals surface area (Å²) in [5.41, 5.74) is 3.59. The van der Waals surface area contributed by atoms with E-state index in [0.29, 0.717) is 6.04 Å². The van der Waals surface area contributed by atoms with Gasteiger partial charge in [0.15, 0.2) is 0 Å². The lowest BCUT2D eigenvalue weighted by Gasteiger charge is -2.47. The number of hydrogen-bond donors (Lipinski definition) is 0. The van der Waals surface area contributed by atoms with Gasteiger partial charge in [-0.1, -0.05) is 110 Å². The van der Waals surface area contributed by atoms with Gasteiger partial charge in [-0.25, -0.2) is 0 Å². The third kappa shape index (κ3) is 3.79. The second-order valence-electron chi connectivity index (χ2n) is 8.78. The average molecular weight is 423 g/mol. The van der Waals surface area contributed by atoms with Crippen LogP contribution in [-0.2, 0) is 0 Å². The zero-order valence-electron chi connectivity index (χ0n) is 18.2. The van der Waals surface area contributed by atoms with Crippen molar-refractivity contribution in [3.63, 3.8) is 0 Å². The van der Waals surface area contributed by atoms with E-state index < -0.39 is 8.40 Å². The van der Waals surface area contributed by atoms with Crippen LogP contribution in [0.5, 0.6) is 0 Å². The molecule has 1 aliphatic heterocycles. The van der Waals surface area contributed by atoms with E-state index in [1.165, 1.54) is 53.6 Å². The maximum atomic E-state index is 5.71. The van der Waals surface area contributed by atoms with Gasteiger partial charge in [0.1, 0.15) is 0 Å². The van der Waals surface area contributed by atoms with Crippen LogP contribution in [0.2, 0.25) is 0 Å². The Balaban J connectivity index is 1.73. The molecule has 0 unspecified atom stereocenters. The topological polar surface area (TPSA) is 15.6 Å². The minimum atomic E-state index is -2.58. The first-order valence-electron chi connectivity index (χ1n) is 11.5. The summed E-state index contributed by atoms with van der Waals surface area (Å²) >= 11 is 0. The number of rotatable bonds is 4. The van der Waals surface area contributed by atoms with E-state index in [0.717, 1.165) is 5.71 Å². The summed E-state index contributed by atoms with van der Waals surface area (Å²) < 4.78 is 8.39. The Morgan fingerprint density at radius 3 is 1.90 bits per heavy atom. The predicted octanol–water partition coefficient (Wildman–Crippen LogP) is 5.20. The monoisotopic (exact) mass is 422 g/mol. The van der Waals surface area contributed by atoms with Crippen molar-refractivity contribution in [1.29, 1.82) is 0 Å². The van der Waals surface area contributed by atoms with Crippen LogP contribution >= 0.6 is 0 Å². The van der Waals surface area contributed by atoms with Crippen LogP contribution in [0.4, 0.5) is 0 Å². The molecule has 1 heterocycles. The minimum absolute atomic E-state index is 0.556. The van der Waals surface area contributed by atoms with Crippen molar-refractivity contribution in [2.24, 2.45) is 4.66 Å². The molecule has 0 aromatic heterocycles. The highest BCUT2D eigenvalue weighted by atomic mass is 28.3. The molecular weight excluding hydrogens is 392 g/mol. The molecule has 156 valence electrons. The summed E-state index contributed by atoms with van der Waals surface area (Å²) in [6.45, 7) is 2.14. The Hall–Kier alpha value is -2.91. The molecule has 0 atom stereocenters. The zero-order chi connectivity index (χ0) is 21.1. The fraction of sp³-hybridized carbons (Fsp3) is 0.250. The zero-order valence-corrected chi connectivity index (χ0v) is 19.2. The molecule has 0 N–H and O–H groups in total. The van der Waals surface area contributed by atoms with Gasteiger partial charge in [-0.2, -0.15) is 0 Å². The Labute approximate surface area is 187 Å². The number of aryl methyl sites for hydroxylation is 1. The molecule has 1 fully saturated rings. The van der Waals surface area contributed by atoms with Gasteiger partial charge >= 0.3 is 8.40 Å². The van der Waals surface area contributed by atoms with E-state index in [2.05, 4.69) is 109 Å². The average Bonchev–Trinajstić information content (AvgIpc) is 2.86. The number of nitrogens with zero attached hydrogens (tertiary/aromatic N) is 2. The van der Waals surface area contributed by atoms with Gasteiger partial charge in [0.2, 0.25) is 0 Å². The fourth-order valence-corrected chi connectivity index (χ4v) is 9.34. The molecular formula is C28H30N2Si. The van der Waals surface area contributed by atoms with Gasteiger partial charge in [-0.05, 0) is 48.0 Å². The molecule has 2 nitrogen and oxygen atoms in total. The number of allylic oxidation sites excluding steroid dienone is 1. The van der Waals surface area contributed by atoms with Gasteiger partial charge in [-0.15, -0.1) is 0 Å². The second kappa shape index (κ2) is 8.68. The van der Waals surface area contributed by atoms with Gasteiger partial charge in [0.05, 0.1) is 5.71 Å². The largest absolute Gasteiger partial charge is 0.376 e. The van der Waals surface area contributed by atoms with Crippen molar-refractivity contribution in [2.45, 2.75) is 45.1 Å². The fourth-order valence-electron chi connectivity index (χ4n) is 5.09. The Bertz CT molecular complexity index is 1030. The smallest absolute Gasteiger partial charge is 0.349 e. The van der Waals surface area contributed by atoms with Crippen molar-refractivity contribution in [3.8, 4) is 0 Å². The third-order valence-corrected chi connectivity index (χ3v) is 10.8. The predicted molar refractivity (Wildman–Crippen MR) is 133 cm³/mol. The van der Waals surface area contributed by atoms with Crippen LogP contribution in [0.3, 0.4) is 0 Å². The van der Waals surface area contributed by atoms with Crippen LogP contribution < -0.4 is 10.4 Å². The molecule has 0 amide bonds. The van der Waals surface area contributed by atoms with E-state index in [-0.39, 0.29) is 0 Å². The van der Waals surface area contributed by atoms with Gasteiger partial charge in [-0.3, -0.25) is 4.66 Å². The summed E-state index contributed by atoms with van der Waals surface area (Å²) in [4.78, 5) is 0. The van der Waals surface area contributed by atoms with Crippen LogP contribution in [0.1, 0.15) is 43.2 Å². The van der Waals surface area contributed by atoms with Crippen molar-refractivity contribution in [1.82, 2.24) is 4.57 Å². The first-order chi connectivity index (χ1) is 15.3. The molecule has 31 heavy (non-hydrogen) atoms. The van der Waals surface area contributed by atoms with Crippen molar-refractivity contribution >= 4 is 24.5 Å². The van der Waals surface area contributed by atoms with E-state index >= 15 is 0 Å². The molecule has 0 saturated heterocycles. The number of hydrogen-bond acceptors (Lipinski definition) is 2. The standard InChI is InChI=1S/C28H30N2Si/c1-23-17-19-24(20-18-23)28-21-22-30(25-11-5-2-6-12-25)31(29-28,26-13-7-3-8-14-26)27-15-9-4-10-16-27/h3-4,7-10,13-22,25H,2,5-6,11-12H2,1H3. The van der Waals surface area contributed by atoms with Gasteiger partial charge in [0, 0.05) is 6.04 Å². The first kappa shape index (κ1) is 20.0. The van der Waals surface area contributed by atoms with Crippen molar-refractivity contribution < 1.29 is 0 Å². The molecule has 3 aromatic carbocycles. The lowest BCUT2D eigenvalue weighted by molar-refractivity contribution is 0.304. The second-order valence-corrected chi connectivity index (χ2v) is 12.0. The lowest BCUT2D eigenvalue weighted by Crippen LogP contribution is -2.71. The summed E-state index contributed by atoms with van der Waals surface area (Å²) in [6, 6.07) is 31.5. The molecule has 0 spiro atoms.